The summed E-state index contributed by atoms with van der Waals surface area (Å²) in [5, 5.41) is 12.1. The molecule has 0 aliphatic carbocycles. The van der Waals surface area contributed by atoms with Gasteiger partial charge in [-0.25, -0.2) is 4.79 Å². The van der Waals surface area contributed by atoms with Gasteiger partial charge in [-0.05, 0) is 64.0 Å². The van der Waals surface area contributed by atoms with E-state index in [1.807, 2.05) is 27.7 Å². The van der Waals surface area contributed by atoms with Gasteiger partial charge >= 0.3 is 19.3 Å². The Hall–Kier alpha value is -1.84. The fraction of sp³-hybridized carbons (Fsp3) is 0.500. The van der Waals surface area contributed by atoms with Crippen molar-refractivity contribution in [3.05, 3.63) is 40.4 Å². The number of aromatic carboxylic acids is 1. The van der Waals surface area contributed by atoms with Crippen LogP contribution in [0.2, 0.25) is 0 Å². The standard InChI is InChI=1S/C18H23BF3NO4/c1-16(2)17(3,4)27-19(26-16)14(10-23-5)8-11-6-12(15(24)25)9-13(7-11)18(20,21)22/h6-9,23H,10H2,1-5H3,(H,24,25). The van der Waals surface area contributed by atoms with Crippen LogP contribution in [0.15, 0.2) is 23.7 Å². The van der Waals surface area contributed by atoms with Gasteiger partial charge < -0.3 is 19.7 Å². The van der Waals surface area contributed by atoms with Crippen LogP contribution in [0.1, 0.15) is 49.2 Å². The highest BCUT2D eigenvalue weighted by molar-refractivity contribution is 6.55. The number of carbonyl (C=O) groups is 1. The Labute approximate surface area is 156 Å². The summed E-state index contributed by atoms with van der Waals surface area (Å²) in [5.74, 6) is -1.43. The maximum Gasteiger partial charge on any atom is 0.491 e. The number of hydrogen-bond acceptors (Lipinski definition) is 4. The number of nitrogens with one attached hydrogen (secondary N) is 1. The van der Waals surface area contributed by atoms with Crippen molar-refractivity contribution in [3.8, 4) is 0 Å². The Balaban J connectivity index is 2.49. The van der Waals surface area contributed by atoms with Crippen molar-refractivity contribution in [2.24, 2.45) is 0 Å². The summed E-state index contributed by atoms with van der Waals surface area (Å²) in [7, 11) is 0.929. The summed E-state index contributed by atoms with van der Waals surface area (Å²) < 4.78 is 51.3. The predicted octanol–water partition coefficient (Wildman–Crippen LogP) is 3.64. The molecule has 1 fully saturated rings. The summed E-state index contributed by atoms with van der Waals surface area (Å²) in [4.78, 5) is 11.2. The highest BCUT2D eigenvalue weighted by Crippen LogP contribution is 2.39. The normalized spacial score (nSPS) is 19.4. The molecule has 2 N–H and O–H groups in total. The first-order chi connectivity index (χ1) is 12.3. The molecule has 1 aromatic carbocycles. The molecule has 1 saturated heterocycles. The third kappa shape index (κ3) is 4.72. The molecule has 0 radical (unpaired) electrons. The predicted molar refractivity (Wildman–Crippen MR) is 96.4 cm³/mol. The first-order valence-electron chi connectivity index (χ1n) is 8.43. The second kappa shape index (κ2) is 7.29. The van der Waals surface area contributed by atoms with Crippen molar-refractivity contribution in [1.82, 2.24) is 5.32 Å². The van der Waals surface area contributed by atoms with Crippen LogP contribution in [-0.4, -0.2) is 43.0 Å². The first-order valence-corrected chi connectivity index (χ1v) is 8.43. The van der Waals surface area contributed by atoms with Gasteiger partial charge in [0.05, 0.1) is 22.3 Å². The van der Waals surface area contributed by atoms with Crippen molar-refractivity contribution in [1.29, 1.82) is 0 Å². The maximum absolute atomic E-state index is 13.1. The van der Waals surface area contributed by atoms with Crippen molar-refractivity contribution >= 4 is 19.2 Å². The van der Waals surface area contributed by atoms with Gasteiger partial charge in [0, 0.05) is 6.54 Å². The van der Waals surface area contributed by atoms with Crippen molar-refractivity contribution in [3.63, 3.8) is 0 Å². The molecule has 0 amide bonds. The molecule has 27 heavy (non-hydrogen) atoms. The second-order valence-electron chi connectivity index (χ2n) is 7.48. The van der Waals surface area contributed by atoms with Gasteiger partial charge in [-0.2, -0.15) is 13.2 Å². The molecule has 0 aromatic heterocycles. The van der Waals surface area contributed by atoms with E-state index in [9.17, 15) is 18.0 Å². The molecule has 1 aromatic rings. The van der Waals surface area contributed by atoms with E-state index in [0.29, 0.717) is 18.1 Å². The van der Waals surface area contributed by atoms with Gasteiger partial charge in [-0.15, -0.1) is 0 Å². The molecule has 1 aliphatic rings. The van der Waals surface area contributed by atoms with Crippen LogP contribution in [0.4, 0.5) is 13.2 Å². The SMILES string of the molecule is CNCC(=Cc1cc(C(=O)O)cc(C(F)(F)F)c1)B1OC(C)(C)C(C)(C)O1. The summed E-state index contributed by atoms with van der Waals surface area (Å²) in [6, 6.07) is 2.72. The summed E-state index contributed by atoms with van der Waals surface area (Å²) in [5.41, 5.74) is -2.00. The Morgan fingerprint density at radius 1 is 1.19 bits per heavy atom. The topological polar surface area (TPSA) is 67.8 Å². The van der Waals surface area contributed by atoms with Gasteiger partial charge in [0.1, 0.15) is 0 Å². The molecular formula is C18H23BF3NO4. The molecule has 9 heteroatoms. The number of alkyl halides is 3. The van der Waals surface area contributed by atoms with Crippen LogP contribution in [0.25, 0.3) is 6.08 Å². The maximum atomic E-state index is 13.1. The number of carboxylic acid groups (broad SMARTS) is 1. The van der Waals surface area contributed by atoms with Gasteiger partial charge in [0.15, 0.2) is 0 Å². The quantitative estimate of drug-likeness (QED) is 0.758. The minimum atomic E-state index is -4.65. The average molecular weight is 385 g/mol. The molecular weight excluding hydrogens is 362 g/mol. The number of halogens is 3. The van der Waals surface area contributed by atoms with Gasteiger partial charge in [0.2, 0.25) is 0 Å². The third-order valence-corrected chi connectivity index (χ3v) is 4.82. The van der Waals surface area contributed by atoms with Crippen molar-refractivity contribution in [2.45, 2.75) is 45.1 Å². The number of hydrogen-bond donors (Lipinski definition) is 2. The Morgan fingerprint density at radius 2 is 1.74 bits per heavy atom. The molecule has 2 rings (SSSR count). The zero-order chi connectivity index (χ0) is 20.6. The largest absolute Gasteiger partial charge is 0.491 e. The molecule has 0 spiro atoms. The third-order valence-electron chi connectivity index (χ3n) is 4.82. The molecule has 0 unspecified atom stereocenters. The van der Waals surface area contributed by atoms with E-state index in [1.165, 1.54) is 12.1 Å². The highest BCUT2D eigenvalue weighted by Gasteiger charge is 2.52. The van der Waals surface area contributed by atoms with Gasteiger partial charge in [0.25, 0.3) is 0 Å². The zero-order valence-electron chi connectivity index (χ0n) is 15.9. The van der Waals surface area contributed by atoms with Crippen LogP contribution in [0, 0.1) is 0 Å². The van der Waals surface area contributed by atoms with E-state index in [2.05, 4.69) is 5.32 Å². The minimum Gasteiger partial charge on any atom is -0.478 e. The molecule has 0 atom stereocenters. The summed E-state index contributed by atoms with van der Waals surface area (Å²) in [6.07, 6.45) is -3.18. The smallest absolute Gasteiger partial charge is 0.478 e. The molecule has 0 saturated carbocycles. The Morgan fingerprint density at radius 3 is 2.19 bits per heavy atom. The zero-order valence-corrected chi connectivity index (χ0v) is 15.9. The Bertz CT molecular complexity index is 743. The van der Waals surface area contributed by atoms with Crippen molar-refractivity contribution < 1.29 is 32.4 Å². The lowest BCUT2D eigenvalue weighted by atomic mass is 9.77. The molecule has 0 bridgehead atoms. The minimum absolute atomic E-state index is 0.113. The monoisotopic (exact) mass is 385 g/mol. The van der Waals surface area contributed by atoms with E-state index >= 15 is 0 Å². The highest BCUT2D eigenvalue weighted by atomic mass is 19.4. The molecule has 148 valence electrons. The van der Waals surface area contributed by atoms with Gasteiger partial charge in [-0.3, -0.25) is 0 Å². The van der Waals surface area contributed by atoms with Gasteiger partial charge in [-0.1, -0.05) is 6.08 Å². The van der Waals surface area contributed by atoms with Crippen LogP contribution < -0.4 is 5.32 Å². The first kappa shape index (κ1) is 21.5. The van der Waals surface area contributed by atoms with Crippen LogP contribution in [0.3, 0.4) is 0 Å². The van der Waals surface area contributed by atoms with E-state index in [1.54, 1.807) is 7.05 Å². The lowest BCUT2D eigenvalue weighted by Gasteiger charge is -2.32. The fourth-order valence-electron chi connectivity index (χ4n) is 2.64. The summed E-state index contributed by atoms with van der Waals surface area (Å²) in [6.45, 7) is 7.79. The van der Waals surface area contributed by atoms with E-state index in [-0.39, 0.29) is 5.56 Å². The van der Waals surface area contributed by atoms with E-state index < -0.39 is 41.6 Å². The number of rotatable bonds is 5. The number of likely N-dealkylation sites (N-methyl/N-ethyl adjacent to an activating group) is 1. The van der Waals surface area contributed by atoms with Crippen LogP contribution in [0.5, 0.6) is 0 Å². The van der Waals surface area contributed by atoms with Crippen LogP contribution >= 0.6 is 0 Å². The number of carboxylic acids is 1. The molecule has 1 aliphatic heterocycles. The average Bonchev–Trinajstić information content (AvgIpc) is 2.73. The van der Waals surface area contributed by atoms with E-state index in [4.69, 9.17) is 14.4 Å². The van der Waals surface area contributed by atoms with E-state index in [0.717, 1.165) is 6.07 Å². The summed E-state index contributed by atoms with van der Waals surface area (Å²) >= 11 is 0. The Kier molecular flexibility index (Phi) is 5.80. The molecule has 1 heterocycles. The number of benzene rings is 1. The molecule has 5 nitrogen and oxygen atoms in total. The van der Waals surface area contributed by atoms with Crippen molar-refractivity contribution in [2.75, 3.05) is 13.6 Å². The lowest BCUT2D eigenvalue weighted by Crippen LogP contribution is -2.41. The lowest BCUT2D eigenvalue weighted by molar-refractivity contribution is -0.137. The fourth-order valence-corrected chi connectivity index (χ4v) is 2.64. The van der Waals surface area contributed by atoms with Crippen LogP contribution in [-0.2, 0) is 15.5 Å². The second-order valence-corrected chi connectivity index (χ2v) is 7.48.